The van der Waals surface area contributed by atoms with Crippen molar-refractivity contribution in [2.24, 2.45) is 10.2 Å². The summed E-state index contributed by atoms with van der Waals surface area (Å²) in [4.78, 5) is 0. The zero-order valence-corrected chi connectivity index (χ0v) is 18.9. The number of nitrogens with zero attached hydrogens (tertiary/aromatic N) is 4. The highest BCUT2D eigenvalue weighted by atomic mass is 35.5. The molecule has 4 nitrogen and oxygen atoms in total. The number of rotatable bonds is 7. The maximum absolute atomic E-state index is 6.49. The second-order valence-corrected chi connectivity index (χ2v) is 7.80. The molecule has 0 aliphatic carbocycles. The molecule has 0 unspecified atom stereocenters. The summed E-state index contributed by atoms with van der Waals surface area (Å²) in [6, 6.07) is 22.7. The normalized spacial score (nSPS) is 11.5. The van der Waals surface area contributed by atoms with Gasteiger partial charge in [0.05, 0.1) is 12.4 Å². The van der Waals surface area contributed by atoms with Gasteiger partial charge < -0.3 is 0 Å². The maximum Gasteiger partial charge on any atom is 0.160 e. The summed E-state index contributed by atoms with van der Waals surface area (Å²) in [6.45, 7) is 0. The van der Waals surface area contributed by atoms with Gasteiger partial charge in [-0.25, -0.2) is 0 Å². The fraction of sp³-hybridized carbons (Fsp3) is 0.130. The van der Waals surface area contributed by atoms with E-state index >= 15 is 0 Å². The minimum absolute atomic E-state index is 0.351. The van der Waals surface area contributed by atoms with Crippen LogP contribution < -0.4 is 0 Å². The van der Waals surface area contributed by atoms with Gasteiger partial charge in [0.15, 0.2) is 6.17 Å². The lowest BCUT2D eigenvalue weighted by atomic mass is 10.1. The summed E-state index contributed by atoms with van der Waals surface area (Å²) in [7, 11) is 3.73. The van der Waals surface area contributed by atoms with Crippen molar-refractivity contribution in [1.29, 1.82) is 0 Å². The molecule has 7 heteroatoms. The Bertz CT molecular complexity index is 990. The third-order valence-electron chi connectivity index (χ3n) is 4.46. The van der Waals surface area contributed by atoms with Crippen LogP contribution in [0.3, 0.4) is 0 Å². The molecule has 0 fully saturated rings. The predicted octanol–water partition coefficient (Wildman–Crippen LogP) is 6.58. The Morgan fingerprint density at radius 1 is 0.633 bits per heavy atom. The summed E-state index contributed by atoms with van der Waals surface area (Å²) in [5.74, 6) is 0. The third-order valence-corrected chi connectivity index (χ3v) is 5.49. The Morgan fingerprint density at radius 3 is 1.47 bits per heavy atom. The molecule has 0 aromatic heterocycles. The van der Waals surface area contributed by atoms with Crippen molar-refractivity contribution in [3.63, 3.8) is 0 Å². The maximum atomic E-state index is 6.49. The molecular formula is C23H21Cl3N4. The van der Waals surface area contributed by atoms with Crippen LogP contribution in [0.4, 0.5) is 0 Å². The molecule has 0 spiro atoms. The van der Waals surface area contributed by atoms with Crippen molar-refractivity contribution in [2.45, 2.75) is 6.17 Å². The van der Waals surface area contributed by atoms with Gasteiger partial charge in [0.25, 0.3) is 0 Å². The highest BCUT2D eigenvalue weighted by Crippen LogP contribution is 2.29. The molecule has 0 bridgehead atoms. The van der Waals surface area contributed by atoms with E-state index in [1.165, 1.54) is 0 Å². The fourth-order valence-electron chi connectivity index (χ4n) is 2.92. The molecule has 154 valence electrons. The lowest BCUT2D eigenvalue weighted by Gasteiger charge is -2.32. The zero-order chi connectivity index (χ0) is 21.5. The van der Waals surface area contributed by atoms with E-state index in [2.05, 4.69) is 10.2 Å². The molecule has 0 heterocycles. The average Bonchev–Trinajstić information content (AvgIpc) is 2.74. The number of hydrogen-bond donors (Lipinski definition) is 0. The SMILES string of the molecule is CN(/N=C/c1ccccc1Cl)C(c1ccccc1Cl)N(C)/N=C/c1ccccc1Cl. The zero-order valence-electron chi connectivity index (χ0n) is 16.6. The third kappa shape index (κ3) is 5.54. The summed E-state index contributed by atoms with van der Waals surface area (Å²) in [5.41, 5.74) is 2.52. The van der Waals surface area contributed by atoms with E-state index in [-0.39, 0.29) is 6.17 Å². The summed E-state index contributed by atoms with van der Waals surface area (Å²) in [6.07, 6.45) is 3.09. The highest BCUT2D eigenvalue weighted by molar-refractivity contribution is 6.33. The summed E-state index contributed by atoms with van der Waals surface area (Å²) >= 11 is 19.0. The molecule has 0 radical (unpaired) electrons. The van der Waals surface area contributed by atoms with Crippen molar-refractivity contribution in [3.8, 4) is 0 Å². The van der Waals surface area contributed by atoms with Crippen molar-refractivity contribution >= 4 is 47.2 Å². The molecule has 0 amide bonds. The number of halogens is 3. The second kappa shape index (κ2) is 10.5. The van der Waals surface area contributed by atoms with Gasteiger partial charge in [0.1, 0.15) is 0 Å². The molecule has 0 aliphatic heterocycles. The topological polar surface area (TPSA) is 31.2 Å². The van der Waals surface area contributed by atoms with Crippen LogP contribution in [0, 0.1) is 0 Å². The quantitative estimate of drug-likeness (QED) is 0.227. The van der Waals surface area contributed by atoms with Gasteiger partial charge >= 0.3 is 0 Å². The van der Waals surface area contributed by atoms with Crippen LogP contribution in [0.1, 0.15) is 22.9 Å². The molecule has 3 aromatic rings. The van der Waals surface area contributed by atoms with Crippen LogP contribution in [0.15, 0.2) is 83.0 Å². The Balaban J connectivity index is 1.91. The second-order valence-electron chi connectivity index (χ2n) is 6.57. The summed E-state index contributed by atoms with van der Waals surface area (Å²) < 4.78 is 0. The first kappa shape index (κ1) is 22.2. The van der Waals surface area contributed by atoms with Crippen LogP contribution in [0.5, 0.6) is 0 Å². The van der Waals surface area contributed by atoms with Crippen LogP contribution in [-0.4, -0.2) is 36.5 Å². The molecule has 3 rings (SSSR count). The van der Waals surface area contributed by atoms with Gasteiger partial charge in [-0.15, -0.1) is 0 Å². The van der Waals surface area contributed by atoms with Crippen LogP contribution in [-0.2, 0) is 0 Å². The molecule has 0 aliphatic rings. The van der Waals surface area contributed by atoms with Crippen LogP contribution in [0.25, 0.3) is 0 Å². The van der Waals surface area contributed by atoms with E-state index < -0.39 is 0 Å². The van der Waals surface area contributed by atoms with Gasteiger partial charge in [-0.3, -0.25) is 10.0 Å². The first-order chi connectivity index (χ1) is 14.5. The minimum Gasteiger partial charge on any atom is -0.272 e. The predicted molar refractivity (Wildman–Crippen MR) is 128 cm³/mol. The minimum atomic E-state index is -0.351. The Kier molecular flexibility index (Phi) is 7.75. The molecule has 30 heavy (non-hydrogen) atoms. The Labute approximate surface area is 192 Å². The van der Waals surface area contributed by atoms with Crippen molar-refractivity contribution in [2.75, 3.05) is 14.1 Å². The molecule has 0 atom stereocenters. The molecule has 0 saturated carbocycles. The monoisotopic (exact) mass is 458 g/mol. The molecule has 0 N–H and O–H groups in total. The first-order valence-corrected chi connectivity index (χ1v) is 10.4. The van der Waals surface area contributed by atoms with Crippen LogP contribution in [0.2, 0.25) is 15.1 Å². The molecule has 0 saturated heterocycles. The van der Waals surface area contributed by atoms with Gasteiger partial charge in [-0.2, -0.15) is 10.2 Å². The van der Waals surface area contributed by atoms with E-state index in [1.807, 2.05) is 86.9 Å². The Morgan fingerprint density at radius 2 is 1.03 bits per heavy atom. The average molecular weight is 460 g/mol. The fourth-order valence-corrected chi connectivity index (χ4v) is 3.52. The number of hydrazone groups is 2. The van der Waals surface area contributed by atoms with E-state index in [0.717, 1.165) is 16.7 Å². The molecule has 3 aromatic carbocycles. The lowest BCUT2D eigenvalue weighted by molar-refractivity contribution is 0.0898. The van der Waals surface area contributed by atoms with E-state index in [4.69, 9.17) is 34.8 Å². The summed E-state index contributed by atoms with van der Waals surface area (Å²) in [5, 5.41) is 14.6. The lowest BCUT2D eigenvalue weighted by Crippen LogP contribution is -2.32. The van der Waals surface area contributed by atoms with E-state index in [9.17, 15) is 0 Å². The van der Waals surface area contributed by atoms with Crippen molar-refractivity contribution in [1.82, 2.24) is 10.0 Å². The Hall–Kier alpha value is -2.53. The largest absolute Gasteiger partial charge is 0.272 e. The van der Waals surface area contributed by atoms with Gasteiger partial charge in [0, 0.05) is 45.9 Å². The number of hydrogen-bond acceptors (Lipinski definition) is 4. The highest BCUT2D eigenvalue weighted by Gasteiger charge is 2.22. The van der Waals surface area contributed by atoms with E-state index in [0.29, 0.717) is 15.1 Å². The van der Waals surface area contributed by atoms with Crippen molar-refractivity contribution < 1.29 is 0 Å². The van der Waals surface area contributed by atoms with Gasteiger partial charge in [-0.05, 0) is 18.2 Å². The van der Waals surface area contributed by atoms with E-state index in [1.54, 1.807) is 22.4 Å². The van der Waals surface area contributed by atoms with Crippen LogP contribution >= 0.6 is 34.8 Å². The van der Waals surface area contributed by atoms with Gasteiger partial charge in [0.2, 0.25) is 0 Å². The number of benzene rings is 3. The van der Waals surface area contributed by atoms with Crippen molar-refractivity contribution in [3.05, 3.63) is 105 Å². The molecular weight excluding hydrogens is 439 g/mol. The first-order valence-electron chi connectivity index (χ1n) is 9.24. The smallest absolute Gasteiger partial charge is 0.160 e. The van der Waals surface area contributed by atoms with Gasteiger partial charge in [-0.1, -0.05) is 89.4 Å². The standard InChI is InChI=1S/C23H21Cl3N4/c1-29(27-15-17-9-3-6-12-20(17)24)23(19-11-5-8-14-22(19)26)30(2)28-16-18-10-4-7-13-21(18)25/h3-16,23H,1-2H3/b27-15+,28-16+.